The molecule has 15 heavy (non-hydrogen) atoms. The molecule has 1 rings (SSSR count). The molecule has 1 saturated heterocycles. The zero-order valence-electron chi connectivity index (χ0n) is 11.8. The largest absolute Gasteiger partial charge is 0.338 e. The van der Waals surface area contributed by atoms with E-state index in [9.17, 15) is 0 Å². The maximum atomic E-state index is 3.00. The highest BCUT2D eigenvalue weighted by molar-refractivity contribution is 7.09. The van der Waals surface area contributed by atoms with Gasteiger partial charge in [-0.05, 0) is 6.92 Å². The van der Waals surface area contributed by atoms with E-state index in [4.69, 9.17) is 0 Å². The topological polar surface area (TPSA) is 6.48 Å². The molecule has 0 saturated carbocycles. The van der Waals surface area contributed by atoms with Crippen LogP contribution in [-0.2, 0) is 0 Å². The monoisotopic (exact) mass is 276 g/mol. The van der Waals surface area contributed by atoms with Crippen LogP contribution in [0.25, 0.3) is 0 Å². The van der Waals surface area contributed by atoms with Crippen molar-refractivity contribution in [3.8, 4) is 0 Å². The zero-order chi connectivity index (χ0) is 12.0. The molecular weight excluding hydrogens is 248 g/mol. The lowest BCUT2D eigenvalue weighted by atomic mass is 10.4. The van der Waals surface area contributed by atoms with Crippen molar-refractivity contribution in [1.29, 1.82) is 0 Å². The standard InChI is InChI=1S/C9H28N2Si4/c1-9-8-10(14(2,3)4)13(12)11(9)15(5,6)7/h9,13H,8H2,1-7,12H3. The molecule has 0 bridgehead atoms. The second kappa shape index (κ2) is 4.23. The molecule has 0 spiro atoms. The Morgan fingerprint density at radius 3 is 1.73 bits per heavy atom. The highest BCUT2D eigenvalue weighted by Crippen LogP contribution is 2.27. The van der Waals surface area contributed by atoms with Crippen molar-refractivity contribution in [1.82, 2.24) is 8.46 Å². The van der Waals surface area contributed by atoms with Gasteiger partial charge in [-0.3, -0.25) is 0 Å². The molecule has 1 heterocycles. The molecule has 0 N–H and O–H groups in total. The summed E-state index contributed by atoms with van der Waals surface area (Å²) in [5.41, 5.74) is 0. The third kappa shape index (κ3) is 2.92. The average Bonchev–Trinajstić information content (AvgIpc) is 2.22. The van der Waals surface area contributed by atoms with Gasteiger partial charge in [0.2, 0.25) is 0 Å². The average molecular weight is 277 g/mol. The van der Waals surface area contributed by atoms with Crippen LogP contribution in [0.4, 0.5) is 0 Å². The maximum Gasteiger partial charge on any atom is 0.151 e. The van der Waals surface area contributed by atoms with E-state index in [1.165, 1.54) is 16.3 Å². The lowest BCUT2D eigenvalue weighted by Gasteiger charge is -2.40. The van der Waals surface area contributed by atoms with Gasteiger partial charge in [0.05, 0.1) is 0 Å². The Hall–Kier alpha value is 0.788. The van der Waals surface area contributed by atoms with Gasteiger partial charge in [-0.15, -0.1) is 0 Å². The van der Waals surface area contributed by atoms with Crippen molar-refractivity contribution in [2.75, 3.05) is 6.54 Å². The third-order valence-corrected chi connectivity index (χ3v) is 23.3. The summed E-state index contributed by atoms with van der Waals surface area (Å²) in [4.78, 5) is 0. The summed E-state index contributed by atoms with van der Waals surface area (Å²) in [6.45, 7) is 19.0. The molecule has 0 aromatic carbocycles. The molecule has 1 fully saturated rings. The fourth-order valence-electron chi connectivity index (χ4n) is 3.10. The van der Waals surface area contributed by atoms with Gasteiger partial charge in [-0.1, -0.05) is 39.3 Å². The molecule has 6 heteroatoms. The molecule has 2 atom stereocenters. The van der Waals surface area contributed by atoms with E-state index in [0.29, 0.717) is 0 Å². The van der Waals surface area contributed by atoms with E-state index in [-0.39, 0.29) is 0 Å². The summed E-state index contributed by atoms with van der Waals surface area (Å²) in [5.74, 6) is 0. The SMILES string of the molecule is CC1CN([Si](C)(C)C)[SiH]([SiH3])N1[Si](C)(C)C. The molecule has 2 unspecified atom stereocenters. The van der Waals surface area contributed by atoms with E-state index in [2.05, 4.69) is 54.7 Å². The maximum absolute atomic E-state index is 3.00. The van der Waals surface area contributed by atoms with Crippen LogP contribution < -0.4 is 0 Å². The van der Waals surface area contributed by atoms with E-state index in [0.717, 1.165) is 6.04 Å². The van der Waals surface area contributed by atoms with Crippen molar-refractivity contribution in [3.05, 3.63) is 0 Å². The highest BCUT2D eigenvalue weighted by atomic mass is 29.2. The Balaban J connectivity index is 2.89. The van der Waals surface area contributed by atoms with Crippen LogP contribution in [-0.4, -0.2) is 55.9 Å². The van der Waals surface area contributed by atoms with Crippen LogP contribution in [0.1, 0.15) is 6.92 Å². The van der Waals surface area contributed by atoms with Gasteiger partial charge in [-0.2, -0.15) is 0 Å². The second-order valence-corrected chi connectivity index (χ2v) is 23.2. The molecule has 0 radical (unpaired) electrons. The molecule has 0 aliphatic carbocycles. The Kier molecular flexibility index (Phi) is 3.90. The van der Waals surface area contributed by atoms with Gasteiger partial charge in [0.25, 0.3) is 0 Å². The number of hydrogen-bond donors (Lipinski definition) is 0. The predicted octanol–water partition coefficient (Wildman–Crippen LogP) is 0.745. The first-order valence-corrected chi connectivity index (χ1v) is 18.6. The molecule has 1 aliphatic heterocycles. The molecule has 1 aliphatic rings. The van der Waals surface area contributed by atoms with Gasteiger partial charge < -0.3 is 8.46 Å². The van der Waals surface area contributed by atoms with Gasteiger partial charge in [0.1, 0.15) is 16.5 Å². The summed E-state index contributed by atoms with van der Waals surface area (Å²) in [5, 5.41) is 0. The summed E-state index contributed by atoms with van der Waals surface area (Å²) in [7, 11) is -1.33. The fraction of sp³-hybridized carbons (Fsp3) is 1.00. The van der Waals surface area contributed by atoms with Crippen LogP contribution in [0.5, 0.6) is 0 Å². The van der Waals surface area contributed by atoms with Crippen molar-refractivity contribution < 1.29 is 0 Å². The third-order valence-electron chi connectivity index (χ3n) is 3.43. The molecular formula is C9H28N2Si4. The smallest absolute Gasteiger partial charge is 0.151 e. The summed E-state index contributed by atoms with van der Waals surface area (Å²) in [6.07, 6.45) is 0. The van der Waals surface area contributed by atoms with Crippen molar-refractivity contribution >= 4 is 34.9 Å². The first kappa shape index (κ1) is 13.9. The zero-order valence-corrected chi connectivity index (χ0v) is 16.9. The van der Waals surface area contributed by atoms with Crippen LogP contribution in [0.15, 0.2) is 0 Å². The normalized spacial score (nSPS) is 31.4. The quantitative estimate of drug-likeness (QED) is 0.687. The van der Waals surface area contributed by atoms with Crippen molar-refractivity contribution in [2.24, 2.45) is 0 Å². The minimum Gasteiger partial charge on any atom is -0.338 e. The molecule has 0 amide bonds. The van der Waals surface area contributed by atoms with Gasteiger partial charge in [-0.25, -0.2) is 0 Å². The number of nitrogens with zero attached hydrogens (tertiary/aromatic N) is 2. The van der Waals surface area contributed by atoms with Crippen molar-refractivity contribution in [3.63, 3.8) is 0 Å². The minimum atomic E-state index is -1.06. The Morgan fingerprint density at radius 2 is 1.53 bits per heavy atom. The lowest BCUT2D eigenvalue weighted by Crippen LogP contribution is -2.61. The van der Waals surface area contributed by atoms with Gasteiger partial charge in [0.15, 0.2) is 8.64 Å². The molecule has 2 nitrogen and oxygen atoms in total. The summed E-state index contributed by atoms with van der Waals surface area (Å²) >= 11 is 0. The molecule has 0 aromatic heterocycles. The first-order chi connectivity index (χ1) is 6.55. The van der Waals surface area contributed by atoms with Crippen LogP contribution in [0.2, 0.25) is 39.3 Å². The lowest BCUT2D eigenvalue weighted by molar-refractivity contribution is 0.512. The van der Waals surface area contributed by atoms with Gasteiger partial charge in [0, 0.05) is 22.3 Å². The Labute approximate surface area is 102 Å². The summed E-state index contributed by atoms with van der Waals surface area (Å²) < 4.78 is 5.97. The van der Waals surface area contributed by atoms with Crippen LogP contribution >= 0.6 is 0 Å². The van der Waals surface area contributed by atoms with Crippen molar-refractivity contribution in [2.45, 2.75) is 52.2 Å². The van der Waals surface area contributed by atoms with Crippen LogP contribution in [0.3, 0.4) is 0 Å². The van der Waals surface area contributed by atoms with Crippen LogP contribution in [0, 0.1) is 0 Å². The summed E-state index contributed by atoms with van der Waals surface area (Å²) in [6, 6.07) is 0.845. The fourth-order valence-corrected chi connectivity index (χ4v) is 33.3. The predicted molar refractivity (Wildman–Crippen MR) is 81.8 cm³/mol. The molecule has 90 valence electrons. The Morgan fingerprint density at radius 1 is 1.07 bits per heavy atom. The van der Waals surface area contributed by atoms with E-state index < -0.39 is 25.1 Å². The minimum absolute atomic E-state index is 0.658. The Bertz CT molecular complexity index is 233. The highest BCUT2D eigenvalue weighted by Gasteiger charge is 2.45. The molecule has 0 aromatic rings. The van der Waals surface area contributed by atoms with E-state index in [1.54, 1.807) is 0 Å². The van der Waals surface area contributed by atoms with Gasteiger partial charge >= 0.3 is 0 Å². The number of rotatable bonds is 2. The second-order valence-electron chi connectivity index (χ2n) is 6.88. The van der Waals surface area contributed by atoms with E-state index >= 15 is 0 Å². The first-order valence-electron chi connectivity index (χ1n) is 6.10. The van der Waals surface area contributed by atoms with E-state index in [1.807, 2.05) is 0 Å². The number of hydrogen-bond acceptors (Lipinski definition) is 2.